The SMILES string of the molecule is CN1CCN(C(=O)c2cc(Cl)ccc2Br)C[C@@H]1C#N. The van der Waals surface area contributed by atoms with Gasteiger partial charge in [0.05, 0.1) is 11.6 Å². The highest BCUT2D eigenvalue weighted by atomic mass is 79.9. The lowest BCUT2D eigenvalue weighted by Gasteiger charge is -2.36. The van der Waals surface area contributed by atoms with E-state index in [1.54, 1.807) is 23.1 Å². The number of benzene rings is 1. The van der Waals surface area contributed by atoms with Gasteiger partial charge in [0.2, 0.25) is 0 Å². The van der Waals surface area contributed by atoms with Crippen molar-refractivity contribution in [1.82, 2.24) is 9.80 Å². The summed E-state index contributed by atoms with van der Waals surface area (Å²) in [5.41, 5.74) is 0.536. The fourth-order valence-corrected chi connectivity index (χ4v) is 2.62. The number of hydrogen-bond donors (Lipinski definition) is 0. The first-order valence-corrected chi connectivity index (χ1v) is 7.04. The molecule has 1 aliphatic rings. The van der Waals surface area contributed by atoms with Gasteiger partial charge in [0.1, 0.15) is 6.04 Å². The molecule has 100 valence electrons. The average molecular weight is 343 g/mol. The molecule has 0 spiro atoms. The second-order valence-corrected chi connectivity index (χ2v) is 5.79. The van der Waals surface area contributed by atoms with Crippen LogP contribution in [-0.4, -0.2) is 48.4 Å². The maximum atomic E-state index is 12.5. The van der Waals surface area contributed by atoms with Gasteiger partial charge in [-0.05, 0) is 41.2 Å². The van der Waals surface area contributed by atoms with E-state index in [1.165, 1.54) is 0 Å². The lowest BCUT2D eigenvalue weighted by atomic mass is 10.1. The summed E-state index contributed by atoms with van der Waals surface area (Å²) >= 11 is 9.29. The molecule has 0 saturated carbocycles. The minimum atomic E-state index is -0.254. The van der Waals surface area contributed by atoms with E-state index in [9.17, 15) is 4.79 Å². The van der Waals surface area contributed by atoms with Crippen molar-refractivity contribution >= 4 is 33.4 Å². The van der Waals surface area contributed by atoms with E-state index in [0.29, 0.717) is 34.7 Å². The Balaban J connectivity index is 2.21. The van der Waals surface area contributed by atoms with Crippen molar-refractivity contribution in [3.05, 3.63) is 33.3 Å². The van der Waals surface area contributed by atoms with Gasteiger partial charge in [-0.3, -0.25) is 9.69 Å². The predicted molar refractivity (Wildman–Crippen MR) is 77.1 cm³/mol. The minimum Gasteiger partial charge on any atom is -0.335 e. The predicted octanol–water partition coefficient (Wildman–Crippen LogP) is 2.38. The number of likely N-dealkylation sites (N-methyl/N-ethyl adjacent to an activating group) is 1. The van der Waals surface area contributed by atoms with Crippen molar-refractivity contribution in [1.29, 1.82) is 5.26 Å². The van der Waals surface area contributed by atoms with E-state index in [1.807, 2.05) is 11.9 Å². The van der Waals surface area contributed by atoms with Crippen LogP contribution in [0.5, 0.6) is 0 Å². The van der Waals surface area contributed by atoms with Crippen LogP contribution in [0.3, 0.4) is 0 Å². The number of hydrogen-bond acceptors (Lipinski definition) is 3. The fraction of sp³-hybridized carbons (Fsp3) is 0.385. The second-order valence-electron chi connectivity index (χ2n) is 4.50. The van der Waals surface area contributed by atoms with Gasteiger partial charge in [-0.15, -0.1) is 0 Å². The number of halogens is 2. The lowest BCUT2D eigenvalue weighted by Crippen LogP contribution is -2.52. The largest absolute Gasteiger partial charge is 0.335 e. The summed E-state index contributed by atoms with van der Waals surface area (Å²) in [7, 11) is 1.89. The normalized spacial score (nSPS) is 20.1. The van der Waals surface area contributed by atoms with Gasteiger partial charge in [0.15, 0.2) is 0 Å². The molecule has 0 bridgehead atoms. The van der Waals surface area contributed by atoms with E-state index < -0.39 is 0 Å². The summed E-state index contributed by atoms with van der Waals surface area (Å²) < 4.78 is 0.717. The van der Waals surface area contributed by atoms with E-state index in [-0.39, 0.29) is 11.9 Å². The molecule has 1 amide bonds. The van der Waals surface area contributed by atoms with Gasteiger partial charge < -0.3 is 4.90 Å². The maximum Gasteiger partial charge on any atom is 0.255 e. The molecule has 1 atom stereocenters. The third kappa shape index (κ3) is 3.08. The summed E-state index contributed by atoms with van der Waals surface area (Å²) in [6.45, 7) is 1.74. The van der Waals surface area contributed by atoms with Crippen LogP contribution in [0.25, 0.3) is 0 Å². The molecule has 0 aromatic heterocycles. The third-order valence-electron chi connectivity index (χ3n) is 3.24. The first kappa shape index (κ1) is 14.3. The monoisotopic (exact) mass is 341 g/mol. The third-order valence-corrected chi connectivity index (χ3v) is 4.17. The molecular formula is C13H13BrClN3O. The van der Waals surface area contributed by atoms with Gasteiger partial charge in [0.25, 0.3) is 5.91 Å². The Labute approximate surface area is 125 Å². The Hall–Kier alpha value is -1.09. The molecule has 1 saturated heterocycles. The fourth-order valence-electron chi connectivity index (χ4n) is 2.03. The Morgan fingerprint density at radius 2 is 2.26 bits per heavy atom. The summed E-state index contributed by atoms with van der Waals surface area (Å²) in [5.74, 6) is -0.0947. The van der Waals surface area contributed by atoms with E-state index in [2.05, 4.69) is 22.0 Å². The summed E-state index contributed by atoms with van der Waals surface area (Å²) in [4.78, 5) is 16.1. The average Bonchev–Trinajstić information content (AvgIpc) is 2.41. The van der Waals surface area contributed by atoms with Crippen molar-refractivity contribution in [2.45, 2.75) is 6.04 Å². The number of carbonyl (C=O) groups is 1. The highest BCUT2D eigenvalue weighted by Gasteiger charge is 2.28. The van der Waals surface area contributed by atoms with Gasteiger partial charge in [-0.2, -0.15) is 5.26 Å². The second kappa shape index (κ2) is 5.91. The lowest BCUT2D eigenvalue weighted by molar-refractivity contribution is 0.0610. The Morgan fingerprint density at radius 3 is 2.95 bits per heavy atom. The molecule has 1 aromatic carbocycles. The van der Waals surface area contributed by atoms with Crippen LogP contribution in [0.1, 0.15) is 10.4 Å². The number of nitriles is 1. The molecule has 0 unspecified atom stereocenters. The minimum absolute atomic E-state index is 0.0947. The Kier molecular flexibility index (Phi) is 4.46. The van der Waals surface area contributed by atoms with Crippen molar-refractivity contribution in [2.24, 2.45) is 0 Å². The number of nitrogens with zero attached hydrogens (tertiary/aromatic N) is 3. The number of carbonyl (C=O) groups excluding carboxylic acids is 1. The molecular weight excluding hydrogens is 330 g/mol. The molecule has 6 heteroatoms. The molecule has 4 nitrogen and oxygen atoms in total. The van der Waals surface area contributed by atoms with Crippen molar-refractivity contribution in [3.63, 3.8) is 0 Å². The number of amides is 1. The quantitative estimate of drug-likeness (QED) is 0.787. The summed E-state index contributed by atoms with van der Waals surface area (Å²) in [6, 6.07) is 7.09. The van der Waals surface area contributed by atoms with Crippen molar-refractivity contribution < 1.29 is 4.79 Å². The molecule has 2 rings (SSSR count). The van der Waals surface area contributed by atoms with Crippen LogP contribution < -0.4 is 0 Å². The van der Waals surface area contributed by atoms with Crippen LogP contribution in [0.2, 0.25) is 5.02 Å². The molecule has 1 aromatic rings. The zero-order chi connectivity index (χ0) is 14.0. The molecule has 0 N–H and O–H groups in total. The van der Waals surface area contributed by atoms with Gasteiger partial charge in [-0.25, -0.2) is 0 Å². The van der Waals surface area contributed by atoms with Crippen LogP contribution in [0.4, 0.5) is 0 Å². The zero-order valence-electron chi connectivity index (χ0n) is 10.4. The molecule has 1 heterocycles. The Morgan fingerprint density at radius 1 is 1.53 bits per heavy atom. The van der Waals surface area contributed by atoms with Crippen molar-refractivity contribution in [3.8, 4) is 6.07 Å². The maximum absolute atomic E-state index is 12.5. The van der Waals surface area contributed by atoms with Crippen LogP contribution >= 0.6 is 27.5 Å². The van der Waals surface area contributed by atoms with Crippen LogP contribution in [0.15, 0.2) is 22.7 Å². The number of piperazine rings is 1. The molecule has 0 aliphatic carbocycles. The topological polar surface area (TPSA) is 47.3 Å². The Bertz CT molecular complexity index is 543. The standard InChI is InChI=1S/C13H13BrClN3O/c1-17-4-5-18(8-10(17)7-16)13(19)11-6-9(15)2-3-12(11)14/h2-3,6,10H,4-5,8H2,1H3/t10-/m0/s1. The first-order valence-electron chi connectivity index (χ1n) is 5.87. The van der Waals surface area contributed by atoms with E-state index in [4.69, 9.17) is 16.9 Å². The van der Waals surface area contributed by atoms with Gasteiger partial charge in [0, 0.05) is 29.1 Å². The van der Waals surface area contributed by atoms with E-state index in [0.717, 1.165) is 0 Å². The van der Waals surface area contributed by atoms with Gasteiger partial charge in [-0.1, -0.05) is 11.6 Å². The molecule has 1 aliphatic heterocycles. The molecule has 1 fully saturated rings. The van der Waals surface area contributed by atoms with Crippen LogP contribution in [0, 0.1) is 11.3 Å². The van der Waals surface area contributed by atoms with Gasteiger partial charge >= 0.3 is 0 Å². The number of rotatable bonds is 1. The summed E-state index contributed by atoms with van der Waals surface area (Å²) in [5, 5.41) is 9.60. The molecule has 0 radical (unpaired) electrons. The first-order chi connectivity index (χ1) is 9.02. The van der Waals surface area contributed by atoms with Crippen LogP contribution in [-0.2, 0) is 0 Å². The molecule has 19 heavy (non-hydrogen) atoms. The highest BCUT2D eigenvalue weighted by molar-refractivity contribution is 9.10. The highest BCUT2D eigenvalue weighted by Crippen LogP contribution is 2.23. The summed E-state index contributed by atoms with van der Waals surface area (Å²) in [6.07, 6.45) is 0. The zero-order valence-corrected chi connectivity index (χ0v) is 12.8. The van der Waals surface area contributed by atoms with E-state index >= 15 is 0 Å². The smallest absolute Gasteiger partial charge is 0.255 e. The van der Waals surface area contributed by atoms with Crippen molar-refractivity contribution in [2.75, 3.05) is 26.7 Å².